The van der Waals surface area contributed by atoms with Crippen LogP contribution in [0.2, 0.25) is 0 Å². The number of nitrogens with zero attached hydrogens (tertiary/aromatic N) is 2. The lowest BCUT2D eigenvalue weighted by Crippen LogP contribution is -2.35. The van der Waals surface area contributed by atoms with E-state index >= 15 is 0 Å². The molecule has 0 amide bonds. The van der Waals surface area contributed by atoms with Crippen molar-refractivity contribution in [3.63, 3.8) is 0 Å². The Morgan fingerprint density at radius 3 is 2.55 bits per heavy atom. The fourth-order valence-corrected chi connectivity index (χ4v) is 2.96. The monoisotopic (exact) mass is 291 g/mol. The number of hydrogen-bond donors (Lipinski definition) is 1. The molecule has 2 rings (SSSR count). The van der Waals surface area contributed by atoms with Gasteiger partial charge in [0.1, 0.15) is 0 Å². The summed E-state index contributed by atoms with van der Waals surface area (Å²) < 4.78 is 2.10. The second kappa shape index (κ2) is 6.10. The Kier molecular flexibility index (Phi) is 4.66. The minimum atomic E-state index is 0.137. The molecule has 0 atom stereocenters. The van der Waals surface area contributed by atoms with Crippen LogP contribution in [0.5, 0.6) is 0 Å². The Labute approximate surface area is 126 Å². The molecule has 0 unspecified atom stereocenters. The average Bonchev–Trinajstić information content (AvgIpc) is 2.95. The molecule has 110 valence electrons. The third kappa shape index (κ3) is 3.93. The lowest BCUT2D eigenvalue weighted by molar-refractivity contribution is 0.423. The predicted molar refractivity (Wildman–Crippen MR) is 86.4 cm³/mol. The predicted octanol–water partition coefficient (Wildman–Crippen LogP) is 3.75. The Morgan fingerprint density at radius 1 is 1.25 bits per heavy atom. The van der Waals surface area contributed by atoms with Crippen molar-refractivity contribution in [3.8, 4) is 0 Å². The summed E-state index contributed by atoms with van der Waals surface area (Å²) in [5, 5.41) is 8.05. The normalized spacial score (nSPS) is 12.1. The maximum absolute atomic E-state index is 4.53. The zero-order valence-electron chi connectivity index (χ0n) is 13.2. The van der Waals surface area contributed by atoms with E-state index in [1.165, 1.54) is 21.0 Å². The van der Waals surface area contributed by atoms with Crippen LogP contribution in [0.1, 0.15) is 48.7 Å². The van der Waals surface area contributed by atoms with E-state index in [1.807, 2.05) is 17.5 Å². The summed E-state index contributed by atoms with van der Waals surface area (Å²) in [7, 11) is 0. The molecule has 2 heterocycles. The number of hydrogen-bond acceptors (Lipinski definition) is 3. The van der Waals surface area contributed by atoms with Crippen molar-refractivity contribution >= 4 is 11.3 Å². The first-order chi connectivity index (χ1) is 9.39. The molecule has 3 nitrogen and oxygen atoms in total. The van der Waals surface area contributed by atoms with E-state index in [0.717, 1.165) is 19.5 Å². The van der Waals surface area contributed by atoms with Gasteiger partial charge in [0, 0.05) is 33.1 Å². The van der Waals surface area contributed by atoms with Crippen molar-refractivity contribution in [2.24, 2.45) is 0 Å². The van der Waals surface area contributed by atoms with E-state index in [0.29, 0.717) is 0 Å². The van der Waals surface area contributed by atoms with E-state index in [1.54, 1.807) is 0 Å². The summed E-state index contributed by atoms with van der Waals surface area (Å²) in [5.41, 5.74) is 2.68. The van der Waals surface area contributed by atoms with Gasteiger partial charge in [-0.3, -0.25) is 4.68 Å². The molecule has 0 aromatic carbocycles. The average molecular weight is 291 g/mol. The first kappa shape index (κ1) is 15.3. The van der Waals surface area contributed by atoms with Crippen LogP contribution in [0.15, 0.2) is 18.3 Å². The topological polar surface area (TPSA) is 29.9 Å². The summed E-state index contributed by atoms with van der Waals surface area (Å²) >= 11 is 1.89. The lowest BCUT2D eigenvalue weighted by atomic mass is 10.1. The molecule has 0 aliphatic rings. The second-order valence-electron chi connectivity index (χ2n) is 6.24. The fraction of sp³-hybridized carbons (Fsp3) is 0.562. The van der Waals surface area contributed by atoms with Crippen LogP contribution >= 0.6 is 11.3 Å². The summed E-state index contributed by atoms with van der Waals surface area (Å²) in [6.45, 7) is 12.7. The van der Waals surface area contributed by atoms with Crippen LogP contribution in [-0.4, -0.2) is 15.3 Å². The SMILES string of the molecule is CCc1ccc(Cn2ncc(CNC(C)(C)C)c2C)s1. The van der Waals surface area contributed by atoms with Crippen LogP contribution in [0, 0.1) is 6.92 Å². The third-order valence-electron chi connectivity index (χ3n) is 3.39. The molecule has 0 saturated heterocycles. The molecular formula is C16H25N3S. The highest BCUT2D eigenvalue weighted by atomic mass is 32.1. The van der Waals surface area contributed by atoms with Gasteiger partial charge < -0.3 is 5.32 Å². The van der Waals surface area contributed by atoms with Gasteiger partial charge >= 0.3 is 0 Å². The highest BCUT2D eigenvalue weighted by Gasteiger charge is 2.12. The Bertz CT molecular complexity index is 561. The molecule has 0 saturated carbocycles. The van der Waals surface area contributed by atoms with Crippen LogP contribution in [0.3, 0.4) is 0 Å². The van der Waals surface area contributed by atoms with Crippen LogP contribution in [0.4, 0.5) is 0 Å². The summed E-state index contributed by atoms with van der Waals surface area (Å²) in [5.74, 6) is 0. The van der Waals surface area contributed by atoms with Crippen molar-refractivity contribution in [3.05, 3.63) is 39.3 Å². The van der Waals surface area contributed by atoms with Gasteiger partial charge in [0.25, 0.3) is 0 Å². The number of nitrogens with one attached hydrogen (secondary N) is 1. The lowest BCUT2D eigenvalue weighted by Gasteiger charge is -2.20. The number of aryl methyl sites for hydroxylation is 1. The molecule has 4 heteroatoms. The van der Waals surface area contributed by atoms with Gasteiger partial charge in [0.2, 0.25) is 0 Å². The van der Waals surface area contributed by atoms with Crippen LogP contribution in [0.25, 0.3) is 0 Å². The second-order valence-corrected chi connectivity index (χ2v) is 7.49. The minimum absolute atomic E-state index is 0.137. The Hall–Kier alpha value is -1.13. The van der Waals surface area contributed by atoms with Crippen LogP contribution < -0.4 is 5.32 Å². The first-order valence-electron chi connectivity index (χ1n) is 7.23. The van der Waals surface area contributed by atoms with Crippen molar-refractivity contribution in [2.45, 2.75) is 59.7 Å². The van der Waals surface area contributed by atoms with Gasteiger partial charge in [-0.25, -0.2) is 0 Å². The molecule has 0 fully saturated rings. The summed E-state index contributed by atoms with van der Waals surface area (Å²) in [6, 6.07) is 4.44. The summed E-state index contributed by atoms with van der Waals surface area (Å²) in [4.78, 5) is 2.82. The molecule has 20 heavy (non-hydrogen) atoms. The highest BCUT2D eigenvalue weighted by Crippen LogP contribution is 2.19. The minimum Gasteiger partial charge on any atom is -0.308 e. The van der Waals surface area contributed by atoms with Crippen molar-refractivity contribution in [2.75, 3.05) is 0 Å². The Morgan fingerprint density at radius 2 is 1.95 bits per heavy atom. The molecule has 0 bridgehead atoms. The van der Waals surface area contributed by atoms with Crippen molar-refractivity contribution < 1.29 is 0 Å². The van der Waals surface area contributed by atoms with E-state index in [4.69, 9.17) is 0 Å². The van der Waals surface area contributed by atoms with Crippen molar-refractivity contribution in [1.29, 1.82) is 0 Å². The smallest absolute Gasteiger partial charge is 0.0755 e. The molecule has 1 N–H and O–H groups in total. The van der Waals surface area contributed by atoms with Gasteiger partial charge in [-0.2, -0.15) is 5.10 Å². The Balaban J connectivity index is 2.04. The zero-order chi connectivity index (χ0) is 14.8. The maximum Gasteiger partial charge on any atom is 0.0755 e. The molecular weight excluding hydrogens is 266 g/mol. The number of rotatable bonds is 5. The van der Waals surface area contributed by atoms with Gasteiger partial charge in [-0.15, -0.1) is 11.3 Å². The molecule has 0 aliphatic heterocycles. The van der Waals surface area contributed by atoms with Crippen molar-refractivity contribution in [1.82, 2.24) is 15.1 Å². The standard InChI is InChI=1S/C16H25N3S/c1-6-14-7-8-15(20-14)11-19-12(2)13(10-18-19)9-17-16(3,4)5/h7-8,10,17H,6,9,11H2,1-5H3. The third-order valence-corrected chi connectivity index (χ3v) is 4.60. The molecule has 0 radical (unpaired) electrons. The molecule has 2 aromatic rings. The van der Waals surface area contributed by atoms with E-state index in [2.05, 4.69) is 61.8 Å². The first-order valence-corrected chi connectivity index (χ1v) is 8.04. The van der Waals surface area contributed by atoms with E-state index in [-0.39, 0.29) is 5.54 Å². The molecule has 2 aromatic heterocycles. The quantitative estimate of drug-likeness (QED) is 0.909. The van der Waals surface area contributed by atoms with Crippen LogP contribution in [-0.2, 0) is 19.5 Å². The van der Waals surface area contributed by atoms with Gasteiger partial charge in [0.15, 0.2) is 0 Å². The number of thiophene rings is 1. The van der Waals surface area contributed by atoms with Gasteiger partial charge in [-0.1, -0.05) is 6.92 Å². The fourth-order valence-electron chi connectivity index (χ4n) is 2.02. The largest absolute Gasteiger partial charge is 0.308 e. The van der Waals surface area contributed by atoms with Gasteiger partial charge in [0.05, 0.1) is 12.7 Å². The van der Waals surface area contributed by atoms with E-state index in [9.17, 15) is 0 Å². The zero-order valence-corrected chi connectivity index (χ0v) is 14.0. The van der Waals surface area contributed by atoms with Gasteiger partial charge in [-0.05, 0) is 46.2 Å². The number of aromatic nitrogens is 2. The molecule has 0 spiro atoms. The summed E-state index contributed by atoms with van der Waals surface area (Å²) in [6.07, 6.45) is 3.10. The highest BCUT2D eigenvalue weighted by molar-refractivity contribution is 7.11. The van der Waals surface area contributed by atoms with E-state index < -0.39 is 0 Å². The maximum atomic E-state index is 4.53. The molecule has 0 aliphatic carbocycles.